The maximum atomic E-state index is 6.03. The first-order valence-corrected chi connectivity index (χ1v) is 8.97. The fourth-order valence-corrected chi connectivity index (χ4v) is 3.77. The quantitative estimate of drug-likeness (QED) is 0.692. The van der Waals surface area contributed by atoms with E-state index in [1.165, 1.54) is 0 Å². The molecule has 126 valence electrons. The molecule has 3 heterocycles. The zero-order valence-electron chi connectivity index (χ0n) is 13.3. The summed E-state index contributed by atoms with van der Waals surface area (Å²) in [6.45, 7) is 0.903. The molecular weight excluding hydrogens is 338 g/mol. The molecule has 0 N–H and O–H groups in total. The Morgan fingerprint density at radius 2 is 1.32 bits per heavy atom. The van der Waals surface area contributed by atoms with Crippen LogP contribution in [0.5, 0.6) is 23.0 Å². The fourth-order valence-electron chi connectivity index (χ4n) is 2.90. The van der Waals surface area contributed by atoms with Gasteiger partial charge in [-0.15, -0.1) is 11.3 Å². The van der Waals surface area contributed by atoms with Gasteiger partial charge in [-0.1, -0.05) is 24.3 Å². The summed E-state index contributed by atoms with van der Waals surface area (Å²) in [5.41, 5.74) is 0.858. The van der Waals surface area contributed by atoms with Gasteiger partial charge in [-0.25, -0.2) is 4.98 Å². The molecule has 0 fully saturated rings. The molecule has 0 spiro atoms. The van der Waals surface area contributed by atoms with Gasteiger partial charge in [-0.2, -0.15) is 0 Å². The Morgan fingerprint density at radius 3 is 2.00 bits per heavy atom. The molecule has 0 saturated carbocycles. The fraction of sp³-hybridized carbons (Fsp3) is 0.211. The standard InChI is InChI=1S/C19H15NO4S/c1-3-7-15-13(5-1)21-9-17(23-15)12-11-25-19(20-12)18-10-22-14-6-2-4-8-16(14)24-18/h1-8,11,17-18H,9-10H2/t17-,18+/m1/s1. The van der Waals surface area contributed by atoms with Crippen LogP contribution in [-0.2, 0) is 0 Å². The van der Waals surface area contributed by atoms with E-state index in [1.54, 1.807) is 11.3 Å². The Kier molecular flexibility index (Phi) is 3.48. The lowest BCUT2D eigenvalue weighted by Gasteiger charge is -2.26. The molecule has 1 aromatic heterocycles. The molecule has 5 rings (SSSR count). The number of thiazole rings is 1. The zero-order chi connectivity index (χ0) is 16.6. The molecule has 0 aliphatic carbocycles. The summed E-state index contributed by atoms with van der Waals surface area (Å²) in [6, 6.07) is 15.4. The number of hydrogen-bond acceptors (Lipinski definition) is 6. The van der Waals surface area contributed by atoms with Crippen LogP contribution in [0, 0.1) is 0 Å². The van der Waals surface area contributed by atoms with Gasteiger partial charge in [0.1, 0.15) is 18.2 Å². The van der Waals surface area contributed by atoms with Crippen LogP contribution >= 0.6 is 11.3 Å². The SMILES string of the molecule is c1ccc2c(c1)OC[C@@H](c1nc([C@H]3COc4ccccc4O3)cs1)O2. The maximum absolute atomic E-state index is 6.03. The second kappa shape index (κ2) is 5.97. The second-order valence-corrected chi connectivity index (χ2v) is 6.73. The van der Waals surface area contributed by atoms with Crippen LogP contribution < -0.4 is 18.9 Å². The zero-order valence-corrected chi connectivity index (χ0v) is 14.1. The van der Waals surface area contributed by atoms with E-state index >= 15 is 0 Å². The summed E-state index contributed by atoms with van der Waals surface area (Å²) < 4.78 is 23.6. The summed E-state index contributed by atoms with van der Waals surface area (Å²) in [4.78, 5) is 4.71. The molecule has 0 unspecified atom stereocenters. The minimum absolute atomic E-state index is 0.203. The van der Waals surface area contributed by atoms with Gasteiger partial charge < -0.3 is 18.9 Å². The minimum atomic E-state index is -0.211. The molecular formula is C19H15NO4S. The Hall–Kier alpha value is -2.73. The Labute approximate surface area is 148 Å². The first kappa shape index (κ1) is 14.6. The first-order valence-electron chi connectivity index (χ1n) is 8.09. The van der Waals surface area contributed by atoms with Gasteiger partial charge in [0.25, 0.3) is 0 Å². The highest BCUT2D eigenvalue weighted by Gasteiger charge is 2.28. The number of benzene rings is 2. The highest BCUT2D eigenvalue weighted by Crippen LogP contribution is 2.39. The van der Waals surface area contributed by atoms with Crippen molar-refractivity contribution in [3.05, 3.63) is 64.6 Å². The van der Waals surface area contributed by atoms with Crippen molar-refractivity contribution in [1.82, 2.24) is 4.98 Å². The van der Waals surface area contributed by atoms with Crippen LogP contribution in [0.15, 0.2) is 53.9 Å². The largest absolute Gasteiger partial charge is 0.485 e. The summed E-state index contributed by atoms with van der Waals surface area (Å²) in [5, 5.41) is 2.88. The summed E-state index contributed by atoms with van der Waals surface area (Å²) in [6.07, 6.45) is -0.415. The summed E-state index contributed by atoms with van der Waals surface area (Å²) in [5.74, 6) is 3.05. The van der Waals surface area contributed by atoms with Gasteiger partial charge in [0.2, 0.25) is 0 Å². The average molecular weight is 353 g/mol. The smallest absolute Gasteiger partial charge is 0.184 e. The van der Waals surface area contributed by atoms with Crippen molar-refractivity contribution < 1.29 is 18.9 Å². The normalized spacial score (nSPS) is 21.0. The molecule has 25 heavy (non-hydrogen) atoms. The topological polar surface area (TPSA) is 49.8 Å². The third-order valence-electron chi connectivity index (χ3n) is 4.16. The number of ether oxygens (including phenoxy) is 4. The van der Waals surface area contributed by atoms with E-state index in [2.05, 4.69) is 0 Å². The predicted octanol–water partition coefficient (Wildman–Crippen LogP) is 4.17. The maximum Gasteiger partial charge on any atom is 0.184 e. The first-order chi connectivity index (χ1) is 12.4. The molecule has 0 radical (unpaired) electrons. The van der Waals surface area contributed by atoms with E-state index < -0.39 is 0 Å². The van der Waals surface area contributed by atoms with Crippen molar-refractivity contribution in [1.29, 1.82) is 0 Å². The van der Waals surface area contributed by atoms with E-state index in [4.69, 9.17) is 23.9 Å². The molecule has 0 amide bonds. The number of hydrogen-bond donors (Lipinski definition) is 0. The summed E-state index contributed by atoms with van der Waals surface area (Å²) >= 11 is 1.55. The van der Waals surface area contributed by atoms with E-state index in [-0.39, 0.29) is 12.2 Å². The molecule has 0 saturated heterocycles. The van der Waals surface area contributed by atoms with Crippen molar-refractivity contribution in [2.45, 2.75) is 12.2 Å². The van der Waals surface area contributed by atoms with Crippen LogP contribution in [0.1, 0.15) is 22.9 Å². The third kappa shape index (κ3) is 2.68. The monoisotopic (exact) mass is 353 g/mol. The van der Waals surface area contributed by atoms with E-state index in [0.717, 1.165) is 33.7 Å². The van der Waals surface area contributed by atoms with Crippen molar-refractivity contribution in [2.24, 2.45) is 0 Å². The van der Waals surface area contributed by atoms with Gasteiger partial charge in [-0.05, 0) is 24.3 Å². The lowest BCUT2D eigenvalue weighted by Crippen LogP contribution is -2.23. The molecule has 3 aromatic rings. The molecule has 0 bridgehead atoms. The molecule has 5 nitrogen and oxygen atoms in total. The van der Waals surface area contributed by atoms with Crippen molar-refractivity contribution in [2.75, 3.05) is 13.2 Å². The third-order valence-corrected chi connectivity index (χ3v) is 5.12. The predicted molar refractivity (Wildman–Crippen MR) is 92.7 cm³/mol. The van der Waals surface area contributed by atoms with Gasteiger partial charge in [0, 0.05) is 5.38 Å². The van der Waals surface area contributed by atoms with Crippen molar-refractivity contribution in [3.8, 4) is 23.0 Å². The number of para-hydroxylation sites is 4. The lowest BCUT2D eigenvalue weighted by atomic mass is 10.2. The van der Waals surface area contributed by atoms with Gasteiger partial charge in [0.15, 0.2) is 35.2 Å². The number of nitrogens with zero attached hydrogens (tertiary/aromatic N) is 1. The number of aromatic nitrogens is 1. The van der Waals surface area contributed by atoms with Crippen molar-refractivity contribution in [3.63, 3.8) is 0 Å². The molecule has 6 heteroatoms. The van der Waals surface area contributed by atoms with E-state index in [1.807, 2.05) is 53.9 Å². The summed E-state index contributed by atoms with van der Waals surface area (Å²) in [7, 11) is 0. The molecule has 2 aromatic carbocycles. The minimum Gasteiger partial charge on any atom is -0.485 e. The van der Waals surface area contributed by atoms with Crippen LogP contribution in [-0.4, -0.2) is 18.2 Å². The highest BCUT2D eigenvalue weighted by atomic mass is 32.1. The molecule has 2 aliphatic rings. The van der Waals surface area contributed by atoms with Gasteiger partial charge in [-0.3, -0.25) is 0 Å². The van der Waals surface area contributed by atoms with Crippen LogP contribution in [0.2, 0.25) is 0 Å². The van der Waals surface area contributed by atoms with E-state index in [0.29, 0.717) is 13.2 Å². The second-order valence-electron chi connectivity index (χ2n) is 5.84. The Morgan fingerprint density at radius 1 is 0.760 bits per heavy atom. The van der Waals surface area contributed by atoms with Crippen LogP contribution in [0.3, 0.4) is 0 Å². The number of fused-ring (bicyclic) bond motifs is 2. The highest BCUT2D eigenvalue weighted by molar-refractivity contribution is 7.09. The van der Waals surface area contributed by atoms with Crippen LogP contribution in [0.4, 0.5) is 0 Å². The Bertz CT molecular complexity index is 838. The Balaban J connectivity index is 1.35. The molecule has 2 aliphatic heterocycles. The molecule has 2 atom stereocenters. The lowest BCUT2D eigenvalue weighted by molar-refractivity contribution is 0.0835. The van der Waals surface area contributed by atoms with Gasteiger partial charge in [0.05, 0.1) is 5.69 Å². The van der Waals surface area contributed by atoms with Crippen molar-refractivity contribution >= 4 is 11.3 Å². The number of rotatable bonds is 2. The van der Waals surface area contributed by atoms with E-state index in [9.17, 15) is 0 Å². The average Bonchev–Trinajstić information content (AvgIpc) is 3.17. The van der Waals surface area contributed by atoms with Gasteiger partial charge >= 0.3 is 0 Å². The van der Waals surface area contributed by atoms with Crippen LogP contribution in [0.25, 0.3) is 0 Å².